The second kappa shape index (κ2) is 7.76. The number of ether oxygens (including phenoxy) is 1. The number of fused-ring (bicyclic) bond motifs is 1. The molecule has 1 N–H and O–H groups in total. The molecule has 0 amide bonds. The van der Waals surface area contributed by atoms with Gasteiger partial charge in [-0.1, -0.05) is 17.4 Å². The zero-order chi connectivity index (χ0) is 20.5. The number of aromatic nitrogens is 1. The van der Waals surface area contributed by atoms with Crippen LogP contribution in [0, 0.1) is 6.92 Å². The van der Waals surface area contributed by atoms with Gasteiger partial charge in [0.2, 0.25) is 0 Å². The molecular formula is C19H20N2O5S2. The maximum atomic E-state index is 12.9. The minimum absolute atomic E-state index is 0.0467. The third kappa shape index (κ3) is 3.81. The van der Waals surface area contributed by atoms with Crippen LogP contribution >= 0.6 is 11.3 Å². The Labute approximate surface area is 166 Å². The van der Waals surface area contributed by atoms with Crippen LogP contribution in [-0.4, -0.2) is 25.6 Å². The first-order chi connectivity index (χ1) is 13.3. The summed E-state index contributed by atoms with van der Waals surface area (Å²) >= 11 is 1.01. The standard InChI is InChI=1S/C19H20N2O5S2/c1-4-21-16-9-8-14(11-17(16)27-19(21)23)28(24,25)20-15-10-13(7-6-12(15)3)18(22)26-5-2/h6-11,20H,4-5H2,1-3H3. The van der Waals surface area contributed by atoms with E-state index in [2.05, 4.69) is 4.72 Å². The molecular weight excluding hydrogens is 400 g/mol. The number of hydrogen-bond acceptors (Lipinski definition) is 6. The lowest BCUT2D eigenvalue weighted by atomic mass is 10.1. The van der Waals surface area contributed by atoms with Crippen molar-refractivity contribution >= 4 is 43.2 Å². The van der Waals surface area contributed by atoms with Crippen LogP contribution in [-0.2, 0) is 21.3 Å². The Morgan fingerprint density at radius 2 is 1.93 bits per heavy atom. The van der Waals surface area contributed by atoms with Gasteiger partial charge in [-0.2, -0.15) is 0 Å². The average molecular weight is 421 g/mol. The van der Waals surface area contributed by atoms with Crippen LogP contribution in [0.3, 0.4) is 0 Å². The molecule has 0 aliphatic heterocycles. The summed E-state index contributed by atoms with van der Waals surface area (Å²) in [6, 6.07) is 9.28. The number of carbonyl (C=O) groups is 1. The van der Waals surface area contributed by atoms with Crippen molar-refractivity contribution in [2.75, 3.05) is 11.3 Å². The lowest BCUT2D eigenvalue weighted by molar-refractivity contribution is 0.0526. The van der Waals surface area contributed by atoms with Gasteiger partial charge < -0.3 is 4.74 Å². The van der Waals surface area contributed by atoms with Gasteiger partial charge in [0, 0.05) is 6.54 Å². The predicted molar refractivity (Wildman–Crippen MR) is 110 cm³/mol. The zero-order valence-corrected chi connectivity index (χ0v) is 17.3. The van der Waals surface area contributed by atoms with Crippen molar-refractivity contribution in [1.29, 1.82) is 0 Å². The van der Waals surface area contributed by atoms with E-state index in [0.29, 0.717) is 28.0 Å². The normalized spacial score (nSPS) is 11.5. The molecule has 0 bridgehead atoms. The molecule has 0 fully saturated rings. The lowest BCUT2D eigenvalue weighted by Crippen LogP contribution is -2.15. The Kier molecular flexibility index (Phi) is 5.57. The summed E-state index contributed by atoms with van der Waals surface area (Å²) in [5.41, 5.74) is 1.93. The van der Waals surface area contributed by atoms with E-state index in [4.69, 9.17) is 4.74 Å². The number of carbonyl (C=O) groups excluding carboxylic acids is 1. The highest BCUT2D eigenvalue weighted by Gasteiger charge is 2.19. The number of hydrogen-bond donors (Lipinski definition) is 1. The third-order valence-electron chi connectivity index (χ3n) is 4.26. The quantitative estimate of drug-likeness (QED) is 0.617. The number of anilines is 1. The van der Waals surface area contributed by atoms with Gasteiger partial charge in [0.05, 0.1) is 33.0 Å². The van der Waals surface area contributed by atoms with Gasteiger partial charge in [-0.15, -0.1) is 0 Å². The summed E-state index contributed by atoms with van der Waals surface area (Å²) in [6.07, 6.45) is 0. The summed E-state index contributed by atoms with van der Waals surface area (Å²) < 4.78 is 35.4. The molecule has 148 valence electrons. The molecule has 0 saturated carbocycles. The summed E-state index contributed by atoms with van der Waals surface area (Å²) in [4.78, 5) is 23.8. The van der Waals surface area contributed by atoms with Gasteiger partial charge >= 0.3 is 10.8 Å². The topological polar surface area (TPSA) is 94.5 Å². The van der Waals surface area contributed by atoms with Crippen molar-refractivity contribution in [3.63, 3.8) is 0 Å². The van der Waals surface area contributed by atoms with Crippen molar-refractivity contribution in [2.45, 2.75) is 32.2 Å². The maximum Gasteiger partial charge on any atom is 0.338 e. The second-order valence-corrected chi connectivity index (χ2v) is 8.77. The molecule has 28 heavy (non-hydrogen) atoms. The Hall–Kier alpha value is -2.65. The second-order valence-electron chi connectivity index (χ2n) is 6.10. The van der Waals surface area contributed by atoms with Gasteiger partial charge in [-0.3, -0.25) is 14.1 Å². The van der Waals surface area contributed by atoms with Crippen LogP contribution < -0.4 is 9.60 Å². The number of thiazole rings is 1. The highest BCUT2D eigenvalue weighted by Crippen LogP contribution is 2.25. The molecule has 0 spiro atoms. The van der Waals surface area contributed by atoms with Crippen LogP contribution in [0.5, 0.6) is 0 Å². The van der Waals surface area contributed by atoms with Crippen molar-refractivity contribution in [1.82, 2.24) is 4.57 Å². The zero-order valence-electron chi connectivity index (χ0n) is 15.7. The first-order valence-corrected chi connectivity index (χ1v) is 11.0. The lowest BCUT2D eigenvalue weighted by Gasteiger charge is -2.12. The minimum Gasteiger partial charge on any atom is -0.462 e. The number of benzene rings is 2. The van der Waals surface area contributed by atoms with Gasteiger partial charge in [0.25, 0.3) is 10.0 Å². The first kappa shape index (κ1) is 20.1. The number of rotatable bonds is 6. The number of nitrogens with one attached hydrogen (secondary N) is 1. The Bertz CT molecular complexity index is 1210. The summed E-state index contributed by atoms with van der Waals surface area (Å²) in [6.45, 7) is 6.05. The Morgan fingerprint density at radius 1 is 1.18 bits per heavy atom. The Balaban J connectivity index is 1.98. The molecule has 0 aliphatic rings. The van der Waals surface area contributed by atoms with E-state index in [1.165, 1.54) is 18.2 Å². The van der Waals surface area contributed by atoms with Crippen LogP contribution in [0.25, 0.3) is 10.2 Å². The predicted octanol–water partition coefficient (Wildman–Crippen LogP) is 3.37. The maximum absolute atomic E-state index is 12.9. The van der Waals surface area contributed by atoms with Crippen molar-refractivity contribution < 1.29 is 17.9 Å². The summed E-state index contributed by atoms with van der Waals surface area (Å²) in [5, 5.41) is 0. The van der Waals surface area contributed by atoms with E-state index >= 15 is 0 Å². The fourth-order valence-corrected chi connectivity index (χ4v) is 5.01. The van der Waals surface area contributed by atoms with E-state index < -0.39 is 16.0 Å². The molecule has 2 aromatic carbocycles. The molecule has 0 atom stereocenters. The van der Waals surface area contributed by atoms with Crippen LogP contribution in [0.1, 0.15) is 29.8 Å². The number of sulfonamides is 1. The van der Waals surface area contributed by atoms with Gasteiger partial charge in [-0.25, -0.2) is 13.2 Å². The molecule has 3 rings (SSSR count). The van der Waals surface area contributed by atoms with E-state index in [-0.39, 0.29) is 21.9 Å². The largest absolute Gasteiger partial charge is 0.462 e. The van der Waals surface area contributed by atoms with Crippen molar-refractivity contribution in [3.05, 3.63) is 57.2 Å². The molecule has 7 nitrogen and oxygen atoms in total. The molecule has 0 unspecified atom stereocenters. The minimum atomic E-state index is -3.90. The summed E-state index contributed by atoms with van der Waals surface area (Å²) in [5.74, 6) is -0.518. The molecule has 0 saturated heterocycles. The van der Waals surface area contributed by atoms with Crippen LogP contribution in [0.2, 0.25) is 0 Å². The fraction of sp³-hybridized carbons (Fsp3) is 0.263. The number of aryl methyl sites for hydroxylation is 2. The first-order valence-electron chi connectivity index (χ1n) is 8.70. The van der Waals surface area contributed by atoms with Gasteiger partial charge in [-0.05, 0) is 56.7 Å². The SMILES string of the molecule is CCOC(=O)c1ccc(C)c(NS(=O)(=O)c2ccc3c(c2)sc(=O)n3CC)c1. The van der Waals surface area contributed by atoms with E-state index in [9.17, 15) is 18.0 Å². The average Bonchev–Trinajstić information content (AvgIpc) is 2.97. The number of esters is 1. The molecule has 3 aromatic rings. The van der Waals surface area contributed by atoms with Gasteiger partial charge in [0.1, 0.15) is 0 Å². The molecule has 0 aliphatic carbocycles. The molecule has 0 radical (unpaired) electrons. The van der Waals surface area contributed by atoms with E-state index in [1.54, 1.807) is 36.6 Å². The third-order valence-corrected chi connectivity index (χ3v) is 6.56. The van der Waals surface area contributed by atoms with Crippen LogP contribution in [0.15, 0.2) is 46.1 Å². The molecule has 9 heteroatoms. The highest BCUT2D eigenvalue weighted by atomic mass is 32.2. The number of nitrogens with zero attached hydrogens (tertiary/aromatic N) is 1. The molecule has 1 heterocycles. The highest BCUT2D eigenvalue weighted by molar-refractivity contribution is 7.92. The Morgan fingerprint density at radius 3 is 2.61 bits per heavy atom. The smallest absolute Gasteiger partial charge is 0.338 e. The fourth-order valence-electron chi connectivity index (χ4n) is 2.79. The summed E-state index contributed by atoms with van der Waals surface area (Å²) in [7, 11) is -3.90. The van der Waals surface area contributed by atoms with E-state index in [1.807, 2.05) is 6.92 Å². The van der Waals surface area contributed by atoms with Gasteiger partial charge in [0.15, 0.2) is 0 Å². The van der Waals surface area contributed by atoms with E-state index in [0.717, 1.165) is 11.3 Å². The monoisotopic (exact) mass is 420 g/mol. The van der Waals surface area contributed by atoms with Crippen LogP contribution in [0.4, 0.5) is 5.69 Å². The van der Waals surface area contributed by atoms with Crippen molar-refractivity contribution in [3.8, 4) is 0 Å². The molecule has 1 aromatic heterocycles. The van der Waals surface area contributed by atoms with Crippen molar-refractivity contribution in [2.24, 2.45) is 0 Å².